The van der Waals surface area contributed by atoms with E-state index in [2.05, 4.69) is 4.99 Å². The number of hydrogen-bond acceptors (Lipinski definition) is 10. The zero-order chi connectivity index (χ0) is 24.6. The third-order valence-corrected chi connectivity index (χ3v) is 7.03. The molecule has 0 saturated carbocycles. The number of aromatic nitrogens is 1. The molecule has 3 heterocycles. The van der Waals surface area contributed by atoms with Crippen molar-refractivity contribution in [2.45, 2.75) is 19.9 Å². The Morgan fingerprint density at radius 1 is 1.41 bits per heavy atom. The van der Waals surface area contributed by atoms with Crippen LogP contribution in [-0.4, -0.2) is 34.3 Å². The number of benzene rings is 1. The molecule has 0 spiro atoms. The Labute approximate surface area is 200 Å². The van der Waals surface area contributed by atoms with Gasteiger partial charge in [-0.15, -0.1) is 11.3 Å². The number of thiophene rings is 1. The van der Waals surface area contributed by atoms with Gasteiger partial charge in [0.1, 0.15) is 6.04 Å². The van der Waals surface area contributed by atoms with Gasteiger partial charge in [-0.05, 0) is 43.0 Å². The first kappa shape index (κ1) is 23.4. The lowest BCUT2D eigenvalue weighted by molar-refractivity contribution is -0.386. The van der Waals surface area contributed by atoms with E-state index < -0.39 is 33.9 Å². The highest BCUT2D eigenvalue weighted by molar-refractivity contribution is 7.10. The van der Waals surface area contributed by atoms with Crippen LogP contribution >= 0.6 is 22.7 Å². The van der Waals surface area contributed by atoms with Crippen LogP contribution in [0.2, 0.25) is 0 Å². The predicted molar refractivity (Wildman–Crippen MR) is 126 cm³/mol. The molecule has 1 aromatic carbocycles. The minimum absolute atomic E-state index is 0.0925. The second kappa shape index (κ2) is 9.23. The van der Waals surface area contributed by atoms with Crippen LogP contribution in [0, 0.1) is 10.1 Å². The number of fused-ring (bicyclic) bond motifs is 1. The Balaban J connectivity index is 1.94. The minimum Gasteiger partial charge on any atom is -0.500 e. The minimum atomic E-state index is -0.734. The van der Waals surface area contributed by atoms with Crippen molar-refractivity contribution >= 4 is 40.4 Å². The molecule has 0 fully saturated rings. The van der Waals surface area contributed by atoms with Crippen LogP contribution in [0.5, 0.6) is 11.5 Å². The summed E-state index contributed by atoms with van der Waals surface area (Å²) in [4.78, 5) is 42.5. The number of esters is 1. The summed E-state index contributed by atoms with van der Waals surface area (Å²) in [7, 11) is 1.27. The van der Waals surface area contributed by atoms with Gasteiger partial charge in [0.15, 0.2) is 10.6 Å². The summed E-state index contributed by atoms with van der Waals surface area (Å²) in [5, 5.41) is 23.2. The molecule has 1 aliphatic rings. The zero-order valence-electron chi connectivity index (χ0n) is 18.3. The number of carbonyl (C=O) groups is 1. The first-order valence-electron chi connectivity index (χ1n) is 10.0. The molecule has 0 aliphatic carbocycles. The fraction of sp³-hybridized carbons (Fsp3) is 0.227. The molecule has 0 amide bonds. The molecule has 2 aromatic heterocycles. The number of nitro benzene ring substituents is 1. The maximum Gasteiger partial charge on any atom is 0.338 e. The van der Waals surface area contributed by atoms with Gasteiger partial charge in [-0.2, -0.15) is 0 Å². The molecular weight excluding hydrogens is 482 g/mol. The topological polar surface area (TPSA) is 133 Å². The average Bonchev–Trinajstić information content (AvgIpc) is 3.42. The molecule has 3 aromatic rings. The number of hydrogen-bond donors (Lipinski definition) is 1. The smallest absolute Gasteiger partial charge is 0.338 e. The lowest BCUT2D eigenvalue weighted by Crippen LogP contribution is -2.39. The molecule has 1 atom stereocenters. The highest BCUT2D eigenvalue weighted by Crippen LogP contribution is 2.37. The molecular formula is C22H19N3O7S2. The van der Waals surface area contributed by atoms with E-state index in [-0.39, 0.29) is 22.5 Å². The molecule has 10 nitrogen and oxygen atoms in total. The number of nitrogens with zero attached hydrogens (tertiary/aromatic N) is 3. The van der Waals surface area contributed by atoms with Gasteiger partial charge in [-0.1, -0.05) is 17.4 Å². The van der Waals surface area contributed by atoms with Gasteiger partial charge in [-0.3, -0.25) is 19.5 Å². The molecule has 0 radical (unpaired) electrons. The molecule has 0 bridgehead atoms. The Morgan fingerprint density at radius 3 is 2.79 bits per heavy atom. The molecule has 0 saturated heterocycles. The van der Waals surface area contributed by atoms with Gasteiger partial charge in [0, 0.05) is 10.9 Å². The number of phenolic OH excluding ortho intramolecular Hbond substituents is 1. The van der Waals surface area contributed by atoms with E-state index in [1.807, 2.05) is 17.5 Å². The number of aromatic hydroxyl groups is 1. The lowest BCUT2D eigenvalue weighted by atomic mass is 10.0. The fourth-order valence-corrected chi connectivity index (χ4v) is 5.52. The van der Waals surface area contributed by atoms with Crippen LogP contribution in [0.1, 0.15) is 30.3 Å². The number of rotatable bonds is 6. The standard InChI is InChI=1S/C22H19N3O7S2/c1-4-32-21(28)17-11(2)23-22-24(18(17)15-6-5-7-33-15)20(27)16(34-22)10-12-8-13(25(29)30)19(26)14(9-12)31-3/h5-10,18,26H,4H2,1-3H3/b16-10-/t18-/m0/s1. The molecule has 1 aliphatic heterocycles. The Bertz CT molecular complexity index is 1500. The fourth-order valence-electron chi connectivity index (χ4n) is 3.65. The highest BCUT2D eigenvalue weighted by atomic mass is 32.1. The van der Waals surface area contributed by atoms with Gasteiger partial charge in [-0.25, -0.2) is 9.79 Å². The second-order valence-corrected chi connectivity index (χ2v) is 9.15. The third-order valence-electron chi connectivity index (χ3n) is 5.12. The van der Waals surface area contributed by atoms with E-state index in [0.29, 0.717) is 16.1 Å². The van der Waals surface area contributed by atoms with Crippen molar-refractivity contribution in [2.75, 3.05) is 13.7 Å². The normalized spacial score (nSPS) is 15.6. The first-order chi connectivity index (χ1) is 16.3. The van der Waals surface area contributed by atoms with Crippen LogP contribution in [-0.2, 0) is 9.53 Å². The van der Waals surface area contributed by atoms with Crippen molar-refractivity contribution < 1.29 is 24.3 Å². The number of methoxy groups -OCH3 is 1. The number of phenols is 1. The first-order valence-corrected chi connectivity index (χ1v) is 11.7. The van der Waals surface area contributed by atoms with Crippen molar-refractivity contribution in [3.8, 4) is 11.5 Å². The van der Waals surface area contributed by atoms with E-state index in [9.17, 15) is 24.8 Å². The Hall–Kier alpha value is -3.77. The number of carbonyl (C=O) groups excluding carboxylic acids is 1. The van der Waals surface area contributed by atoms with Gasteiger partial charge in [0.25, 0.3) is 5.56 Å². The molecule has 12 heteroatoms. The quantitative estimate of drug-likeness (QED) is 0.312. The van der Waals surface area contributed by atoms with E-state index in [1.165, 1.54) is 35.2 Å². The SMILES string of the molecule is CCOC(=O)C1=C(C)N=c2s/c(=C\c3cc(OC)c(O)c([N+](=O)[O-])c3)c(=O)n2[C@H]1c1cccs1. The zero-order valence-corrected chi connectivity index (χ0v) is 19.9. The van der Waals surface area contributed by atoms with Crippen LogP contribution < -0.4 is 19.6 Å². The van der Waals surface area contributed by atoms with Gasteiger partial charge < -0.3 is 14.6 Å². The highest BCUT2D eigenvalue weighted by Gasteiger charge is 2.34. The Morgan fingerprint density at radius 2 is 2.18 bits per heavy atom. The van der Waals surface area contributed by atoms with Crippen molar-refractivity contribution in [2.24, 2.45) is 4.99 Å². The van der Waals surface area contributed by atoms with Crippen molar-refractivity contribution in [1.82, 2.24) is 4.57 Å². The monoisotopic (exact) mass is 501 g/mol. The van der Waals surface area contributed by atoms with E-state index in [0.717, 1.165) is 22.3 Å². The van der Waals surface area contributed by atoms with Crippen LogP contribution in [0.15, 0.2) is 50.7 Å². The summed E-state index contributed by atoms with van der Waals surface area (Å²) >= 11 is 2.49. The summed E-state index contributed by atoms with van der Waals surface area (Å²) in [5.41, 5.74) is 0.0684. The molecule has 176 valence electrons. The lowest BCUT2D eigenvalue weighted by Gasteiger charge is -2.23. The molecule has 34 heavy (non-hydrogen) atoms. The average molecular weight is 502 g/mol. The van der Waals surface area contributed by atoms with Crippen LogP contribution in [0.4, 0.5) is 5.69 Å². The Kier molecular flexibility index (Phi) is 6.35. The predicted octanol–water partition coefficient (Wildman–Crippen LogP) is 2.48. The summed E-state index contributed by atoms with van der Waals surface area (Å²) in [6.45, 7) is 3.57. The summed E-state index contributed by atoms with van der Waals surface area (Å²) < 4.78 is 12.0. The number of nitro groups is 1. The van der Waals surface area contributed by atoms with Crippen molar-refractivity contribution in [3.63, 3.8) is 0 Å². The molecule has 1 N–H and O–H groups in total. The number of ether oxygens (including phenoxy) is 2. The van der Waals surface area contributed by atoms with E-state index in [4.69, 9.17) is 9.47 Å². The molecule has 4 rings (SSSR count). The van der Waals surface area contributed by atoms with Gasteiger partial charge in [0.05, 0.1) is 34.4 Å². The summed E-state index contributed by atoms with van der Waals surface area (Å²) in [5.74, 6) is -1.24. The van der Waals surface area contributed by atoms with E-state index in [1.54, 1.807) is 13.8 Å². The van der Waals surface area contributed by atoms with Crippen molar-refractivity contribution in [1.29, 1.82) is 0 Å². The second-order valence-electron chi connectivity index (χ2n) is 7.17. The number of thiazole rings is 1. The summed E-state index contributed by atoms with van der Waals surface area (Å²) in [6, 6.07) is 5.50. The van der Waals surface area contributed by atoms with Crippen LogP contribution in [0.25, 0.3) is 6.08 Å². The largest absolute Gasteiger partial charge is 0.500 e. The third kappa shape index (κ3) is 4.01. The van der Waals surface area contributed by atoms with Gasteiger partial charge in [0.2, 0.25) is 5.75 Å². The van der Waals surface area contributed by atoms with Gasteiger partial charge >= 0.3 is 11.7 Å². The maximum absolute atomic E-state index is 13.5. The van der Waals surface area contributed by atoms with E-state index >= 15 is 0 Å². The number of allylic oxidation sites excluding steroid dienone is 1. The van der Waals surface area contributed by atoms with Crippen LogP contribution in [0.3, 0.4) is 0 Å². The summed E-state index contributed by atoms with van der Waals surface area (Å²) in [6.07, 6.45) is 1.47. The van der Waals surface area contributed by atoms with Crippen molar-refractivity contribution in [3.05, 3.63) is 81.2 Å². The maximum atomic E-state index is 13.5. The molecule has 0 unspecified atom stereocenters.